The van der Waals surface area contributed by atoms with E-state index in [0.29, 0.717) is 37.8 Å². The van der Waals surface area contributed by atoms with Crippen LogP contribution in [0.4, 0.5) is 10.2 Å². The van der Waals surface area contributed by atoms with Crippen LogP contribution in [0.25, 0.3) is 5.82 Å². The predicted octanol–water partition coefficient (Wildman–Crippen LogP) is 1.76. The minimum atomic E-state index is -3.59. The number of aromatic nitrogens is 4. The monoisotopic (exact) mass is 416 g/mol. The number of halogens is 1. The summed E-state index contributed by atoms with van der Waals surface area (Å²) in [5.74, 6) is 0.528. The zero-order valence-electron chi connectivity index (χ0n) is 15.9. The number of benzene rings is 1. The molecule has 2 aromatic heterocycles. The van der Waals surface area contributed by atoms with Crippen molar-refractivity contribution in [3.8, 4) is 5.82 Å². The SMILES string of the molecule is Cc1ccn(-c2cc(N3CCN(S(=O)(=O)Cc4ccccc4F)CC3)ncn2)n1. The molecule has 4 rings (SSSR count). The Morgan fingerprint density at radius 1 is 1.03 bits per heavy atom. The van der Waals surface area contributed by atoms with Gasteiger partial charge in [-0.05, 0) is 19.1 Å². The van der Waals surface area contributed by atoms with Gasteiger partial charge in [0.2, 0.25) is 10.0 Å². The fraction of sp³-hybridized carbons (Fsp3) is 0.316. The van der Waals surface area contributed by atoms with Gasteiger partial charge in [-0.2, -0.15) is 9.40 Å². The summed E-state index contributed by atoms with van der Waals surface area (Å²) in [7, 11) is -3.59. The van der Waals surface area contributed by atoms with Gasteiger partial charge in [-0.3, -0.25) is 0 Å². The molecular weight excluding hydrogens is 395 g/mol. The third-order valence-corrected chi connectivity index (χ3v) is 6.67. The van der Waals surface area contributed by atoms with Gasteiger partial charge in [0.25, 0.3) is 0 Å². The Morgan fingerprint density at radius 2 is 1.76 bits per heavy atom. The van der Waals surface area contributed by atoms with Crippen molar-refractivity contribution >= 4 is 15.8 Å². The molecule has 0 bridgehead atoms. The van der Waals surface area contributed by atoms with Crippen LogP contribution in [0, 0.1) is 12.7 Å². The van der Waals surface area contributed by atoms with Crippen molar-refractivity contribution in [3.05, 3.63) is 66.0 Å². The van der Waals surface area contributed by atoms with Crippen LogP contribution in [0.2, 0.25) is 0 Å². The lowest BCUT2D eigenvalue weighted by molar-refractivity contribution is 0.383. The molecule has 3 heterocycles. The number of nitrogens with zero attached hydrogens (tertiary/aromatic N) is 6. The quantitative estimate of drug-likeness (QED) is 0.630. The smallest absolute Gasteiger partial charge is 0.218 e. The third kappa shape index (κ3) is 4.28. The van der Waals surface area contributed by atoms with E-state index in [2.05, 4.69) is 15.1 Å². The normalized spacial score (nSPS) is 15.6. The van der Waals surface area contributed by atoms with E-state index in [-0.39, 0.29) is 11.3 Å². The van der Waals surface area contributed by atoms with Crippen LogP contribution in [-0.4, -0.2) is 58.7 Å². The topological polar surface area (TPSA) is 84.2 Å². The fourth-order valence-corrected chi connectivity index (χ4v) is 4.81. The molecule has 8 nitrogen and oxygen atoms in total. The molecule has 0 aliphatic carbocycles. The second kappa shape index (κ2) is 7.88. The maximum Gasteiger partial charge on any atom is 0.218 e. The van der Waals surface area contributed by atoms with E-state index >= 15 is 0 Å². The average Bonchev–Trinajstić information content (AvgIpc) is 3.16. The van der Waals surface area contributed by atoms with Gasteiger partial charge >= 0.3 is 0 Å². The van der Waals surface area contributed by atoms with Gasteiger partial charge in [-0.25, -0.2) is 27.5 Å². The first-order chi connectivity index (χ1) is 13.9. The molecule has 1 aromatic carbocycles. The van der Waals surface area contributed by atoms with E-state index in [4.69, 9.17) is 0 Å². The molecule has 0 radical (unpaired) electrons. The molecular formula is C19H21FN6O2S. The van der Waals surface area contributed by atoms with Crippen LogP contribution in [0.3, 0.4) is 0 Å². The molecule has 10 heteroatoms. The number of anilines is 1. The highest BCUT2D eigenvalue weighted by Gasteiger charge is 2.28. The lowest BCUT2D eigenvalue weighted by Crippen LogP contribution is -2.49. The van der Waals surface area contributed by atoms with Crippen molar-refractivity contribution in [3.63, 3.8) is 0 Å². The number of aryl methyl sites for hydroxylation is 1. The Bertz CT molecular complexity index is 1110. The Hall–Kier alpha value is -2.85. The van der Waals surface area contributed by atoms with Crippen LogP contribution in [0.1, 0.15) is 11.3 Å². The van der Waals surface area contributed by atoms with Gasteiger partial charge in [0.05, 0.1) is 11.4 Å². The maximum atomic E-state index is 13.8. The van der Waals surface area contributed by atoms with Crippen LogP contribution >= 0.6 is 0 Å². The Kier molecular flexibility index (Phi) is 5.29. The molecule has 3 aromatic rings. The molecule has 0 unspecified atom stereocenters. The zero-order valence-corrected chi connectivity index (χ0v) is 16.8. The first kappa shape index (κ1) is 19.5. The maximum absolute atomic E-state index is 13.8. The summed E-state index contributed by atoms with van der Waals surface area (Å²) in [6.07, 6.45) is 3.30. The largest absolute Gasteiger partial charge is 0.354 e. The van der Waals surface area contributed by atoms with Gasteiger partial charge in [0.1, 0.15) is 18.0 Å². The molecule has 0 N–H and O–H groups in total. The number of rotatable bonds is 5. The van der Waals surface area contributed by atoms with Crippen LogP contribution in [0.15, 0.2) is 48.9 Å². The summed E-state index contributed by atoms with van der Waals surface area (Å²) in [4.78, 5) is 10.6. The van der Waals surface area contributed by atoms with E-state index in [1.807, 2.05) is 30.2 Å². The van der Waals surface area contributed by atoms with Crippen molar-refractivity contribution in [2.45, 2.75) is 12.7 Å². The summed E-state index contributed by atoms with van der Waals surface area (Å²) in [6, 6.07) is 9.68. The van der Waals surface area contributed by atoms with Crippen molar-refractivity contribution in [2.75, 3.05) is 31.1 Å². The Morgan fingerprint density at radius 3 is 2.45 bits per heavy atom. The van der Waals surface area contributed by atoms with Gasteiger partial charge in [-0.1, -0.05) is 18.2 Å². The zero-order chi connectivity index (χ0) is 20.4. The van der Waals surface area contributed by atoms with Crippen LogP contribution < -0.4 is 4.90 Å². The molecule has 1 aliphatic rings. The summed E-state index contributed by atoms with van der Waals surface area (Å²) < 4.78 is 42.3. The molecule has 0 atom stereocenters. The molecule has 0 amide bonds. The predicted molar refractivity (Wildman–Crippen MR) is 107 cm³/mol. The molecule has 0 spiro atoms. The van der Waals surface area contributed by atoms with Crippen LogP contribution in [0.5, 0.6) is 0 Å². The first-order valence-electron chi connectivity index (χ1n) is 9.23. The highest BCUT2D eigenvalue weighted by molar-refractivity contribution is 7.88. The van der Waals surface area contributed by atoms with E-state index in [1.54, 1.807) is 16.8 Å². The van der Waals surface area contributed by atoms with E-state index in [9.17, 15) is 12.8 Å². The minimum absolute atomic E-state index is 0.185. The fourth-order valence-electron chi connectivity index (χ4n) is 3.28. The highest BCUT2D eigenvalue weighted by Crippen LogP contribution is 2.19. The average molecular weight is 416 g/mol. The summed E-state index contributed by atoms with van der Waals surface area (Å²) >= 11 is 0. The lowest BCUT2D eigenvalue weighted by atomic mass is 10.2. The Balaban J connectivity index is 1.44. The number of sulfonamides is 1. The minimum Gasteiger partial charge on any atom is -0.354 e. The first-order valence-corrected chi connectivity index (χ1v) is 10.8. The molecule has 1 aliphatic heterocycles. The molecule has 0 saturated carbocycles. The standard InChI is InChI=1S/C19H21FN6O2S/c1-15-6-7-26(23-15)19-12-18(21-14-22-19)24-8-10-25(11-9-24)29(27,28)13-16-4-2-3-5-17(16)20/h2-7,12,14H,8-11,13H2,1H3. The van der Waals surface area contributed by atoms with Crippen molar-refractivity contribution < 1.29 is 12.8 Å². The molecule has 29 heavy (non-hydrogen) atoms. The van der Waals surface area contributed by atoms with E-state index in [0.717, 1.165) is 5.69 Å². The second-order valence-corrected chi connectivity index (χ2v) is 8.84. The molecule has 1 fully saturated rings. The molecule has 1 saturated heterocycles. The van der Waals surface area contributed by atoms with E-state index in [1.165, 1.54) is 22.8 Å². The van der Waals surface area contributed by atoms with E-state index < -0.39 is 15.8 Å². The van der Waals surface area contributed by atoms with Crippen molar-refractivity contribution in [1.29, 1.82) is 0 Å². The lowest BCUT2D eigenvalue weighted by Gasteiger charge is -2.34. The third-order valence-electron chi connectivity index (χ3n) is 4.85. The van der Waals surface area contributed by atoms with Gasteiger partial charge < -0.3 is 4.90 Å². The summed E-state index contributed by atoms with van der Waals surface area (Å²) in [5.41, 5.74) is 1.07. The van der Waals surface area contributed by atoms with Crippen LogP contribution in [-0.2, 0) is 15.8 Å². The van der Waals surface area contributed by atoms with Gasteiger partial charge in [-0.15, -0.1) is 0 Å². The highest BCUT2D eigenvalue weighted by atomic mass is 32.2. The number of hydrogen-bond donors (Lipinski definition) is 0. The molecule has 152 valence electrons. The summed E-state index contributed by atoms with van der Waals surface area (Å²) in [5, 5.41) is 4.35. The Labute approximate surface area is 168 Å². The number of piperazine rings is 1. The van der Waals surface area contributed by atoms with Crippen molar-refractivity contribution in [2.24, 2.45) is 0 Å². The van der Waals surface area contributed by atoms with Gasteiger partial charge in [0.15, 0.2) is 5.82 Å². The summed E-state index contributed by atoms with van der Waals surface area (Å²) in [6.45, 7) is 3.52. The van der Waals surface area contributed by atoms with Gasteiger partial charge in [0, 0.05) is 44.0 Å². The number of hydrogen-bond acceptors (Lipinski definition) is 6. The second-order valence-electron chi connectivity index (χ2n) is 6.87. The van der Waals surface area contributed by atoms with Crippen molar-refractivity contribution in [1.82, 2.24) is 24.1 Å².